The molecule has 4 aromatic rings. The van der Waals surface area contributed by atoms with Crippen LogP contribution >= 0.6 is 0 Å². The first-order valence-corrected chi connectivity index (χ1v) is 10.5. The number of pyridine rings is 1. The average Bonchev–Trinajstić information content (AvgIpc) is 3.22. The van der Waals surface area contributed by atoms with E-state index in [0.717, 1.165) is 30.0 Å². The number of benzene rings is 1. The van der Waals surface area contributed by atoms with E-state index in [4.69, 9.17) is 10.1 Å². The quantitative estimate of drug-likeness (QED) is 0.548. The zero-order valence-electron chi connectivity index (χ0n) is 17.4. The molecule has 0 radical (unpaired) electrons. The van der Waals surface area contributed by atoms with Crippen LogP contribution in [0.3, 0.4) is 0 Å². The molecule has 8 nitrogen and oxygen atoms in total. The first-order valence-electron chi connectivity index (χ1n) is 10.5. The Balaban J connectivity index is 1.30. The number of aliphatic hydroxyl groups excluding tert-OH is 1. The maximum atomic E-state index is 13.0. The van der Waals surface area contributed by atoms with Gasteiger partial charge in [0.2, 0.25) is 0 Å². The first-order chi connectivity index (χ1) is 15.1. The predicted octanol–water partition coefficient (Wildman–Crippen LogP) is 2.08. The van der Waals surface area contributed by atoms with Crippen molar-refractivity contribution in [1.82, 2.24) is 24.5 Å². The molecule has 0 unspecified atom stereocenters. The van der Waals surface area contributed by atoms with Crippen LogP contribution in [-0.2, 0) is 6.42 Å². The SMILES string of the molecule is Cc1cc(N2CCN(C(=O)c3cc4ncc(CCO)cn4n3)CC2)nc2ccccc12. The summed E-state index contributed by atoms with van der Waals surface area (Å²) in [4.78, 5) is 26.2. The van der Waals surface area contributed by atoms with Gasteiger partial charge in [0.05, 0.1) is 5.52 Å². The molecule has 1 aliphatic heterocycles. The molecule has 158 valence electrons. The Bertz CT molecular complexity index is 1260. The van der Waals surface area contributed by atoms with Gasteiger partial charge in [0.15, 0.2) is 11.3 Å². The second kappa shape index (κ2) is 7.96. The third-order valence-electron chi connectivity index (χ3n) is 5.79. The molecular weight excluding hydrogens is 392 g/mol. The van der Waals surface area contributed by atoms with Crippen LogP contribution in [0.1, 0.15) is 21.6 Å². The van der Waals surface area contributed by atoms with E-state index in [1.165, 1.54) is 10.9 Å². The minimum absolute atomic E-state index is 0.0517. The molecule has 5 rings (SSSR count). The fourth-order valence-electron chi connectivity index (χ4n) is 4.07. The summed E-state index contributed by atoms with van der Waals surface area (Å²) in [6.45, 7) is 4.84. The summed E-state index contributed by atoms with van der Waals surface area (Å²) in [5, 5.41) is 14.7. The van der Waals surface area contributed by atoms with Gasteiger partial charge in [-0.3, -0.25) is 4.79 Å². The average molecular weight is 416 g/mol. The van der Waals surface area contributed by atoms with Gasteiger partial charge in [0, 0.05) is 56.6 Å². The number of carbonyl (C=O) groups excluding carboxylic acids is 1. The second-order valence-electron chi connectivity index (χ2n) is 7.86. The number of hydrogen-bond acceptors (Lipinski definition) is 6. The van der Waals surface area contributed by atoms with E-state index < -0.39 is 0 Å². The van der Waals surface area contributed by atoms with Gasteiger partial charge in [0.25, 0.3) is 5.91 Å². The number of aryl methyl sites for hydroxylation is 1. The Morgan fingerprint density at radius 3 is 2.74 bits per heavy atom. The van der Waals surface area contributed by atoms with Crippen molar-refractivity contribution in [1.29, 1.82) is 0 Å². The first kappa shape index (κ1) is 19.4. The van der Waals surface area contributed by atoms with Crippen molar-refractivity contribution in [3.63, 3.8) is 0 Å². The summed E-state index contributed by atoms with van der Waals surface area (Å²) >= 11 is 0. The summed E-state index contributed by atoms with van der Waals surface area (Å²) in [5.74, 6) is 0.869. The van der Waals surface area contributed by atoms with Gasteiger partial charge in [-0.05, 0) is 36.6 Å². The van der Waals surface area contributed by atoms with Crippen molar-refractivity contribution in [2.24, 2.45) is 0 Å². The topological polar surface area (TPSA) is 86.9 Å². The van der Waals surface area contributed by atoms with Crippen LogP contribution in [-0.4, -0.2) is 68.3 Å². The summed E-state index contributed by atoms with van der Waals surface area (Å²) in [6, 6.07) is 12.0. The number of aromatic nitrogens is 4. The highest BCUT2D eigenvalue weighted by Gasteiger charge is 2.25. The Morgan fingerprint density at radius 1 is 1.13 bits per heavy atom. The monoisotopic (exact) mass is 416 g/mol. The standard InChI is InChI=1S/C23H24N6O2/c1-16-12-22(25-19-5-3-2-4-18(16)19)27-7-9-28(10-8-27)23(31)20-13-21-24-14-17(6-11-30)15-29(21)26-20/h2-5,12-15,30H,6-11H2,1H3. The van der Waals surface area contributed by atoms with Crippen LogP contribution in [0.4, 0.5) is 5.82 Å². The molecule has 1 saturated heterocycles. The van der Waals surface area contributed by atoms with Crippen molar-refractivity contribution < 1.29 is 9.90 Å². The summed E-state index contributed by atoms with van der Waals surface area (Å²) < 4.78 is 1.61. The Kier molecular flexibility index (Phi) is 4.99. The molecule has 0 bridgehead atoms. The van der Waals surface area contributed by atoms with E-state index in [1.807, 2.05) is 23.1 Å². The van der Waals surface area contributed by atoms with Crippen molar-refractivity contribution >= 4 is 28.3 Å². The van der Waals surface area contributed by atoms with Gasteiger partial charge in [0.1, 0.15) is 5.82 Å². The number of fused-ring (bicyclic) bond motifs is 2. The summed E-state index contributed by atoms with van der Waals surface area (Å²) in [5.41, 5.74) is 4.09. The van der Waals surface area contributed by atoms with Crippen molar-refractivity contribution in [3.05, 3.63) is 65.6 Å². The number of para-hydroxylation sites is 1. The number of hydrogen-bond donors (Lipinski definition) is 1. The van der Waals surface area contributed by atoms with E-state index in [9.17, 15) is 4.79 Å². The molecule has 0 aliphatic carbocycles. The lowest BCUT2D eigenvalue weighted by Crippen LogP contribution is -2.49. The molecule has 4 heterocycles. The molecule has 3 aromatic heterocycles. The molecule has 1 aliphatic rings. The molecule has 31 heavy (non-hydrogen) atoms. The lowest BCUT2D eigenvalue weighted by Gasteiger charge is -2.35. The minimum Gasteiger partial charge on any atom is -0.396 e. The maximum absolute atomic E-state index is 13.0. The molecule has 0 saturated carbocycles. The van der Waals surface area contributed by atoms with Crippen molar-refractivity contribution in [2.45, 2.75) is 13.3 Å². The fourth-order valence-corrected chi connectivity index (χ4v) is 4.07. The number of amides is 1. The lowest BCUT2D eigenvalue weighted by molar-refractivity contribution is 0.0740. The van der Waals surface area contributed by atoms with E-state index in [2.05, 4.69) is 34.0 Å². The predicted molar refractivity (Wildman–Crippen MR) is 118 cm³/mol. The number of anilines is 1. The van der Waals surface area contributed by atoms with E-state index in [1.54, 1.807) is 23.0 Å². The largest absolute Gasteiger partial charge is 0.396 e. The van der Waals surface area contributed by atoms with E-state index in [0.29, 0.717) is 30.9 Å². The van der Waals surface area contributed by atoms with Crippen LogP contribution in [0, 0.1) is 6.92 Å². The highest BCUT2D eigenvalue weighted by atomic mass is 16.3. The summed E-state index contributed by atoms with van der Waals surface area (Å²) in [7, 11) is 0. The Morgan fingerprint density at radius 2 is 1.94 bits per heavy atom. The van der Waals surface area contributed by atoms with Crippen LogP contribution in [0.5, 0.6) is 0 Å². The van der Waals surface area contributed by atoms with Gasteiger partial charge in [-0.25, -0.2) is 14.5 Å². The number of piperazine rings is 1. The smallest absolute Gasteiger partial charge is 0.274 e. The van der Waals surface area contributed by atoms with Crippen LogP contribution in [0.15, 0.2) is 48.8 Å². The van der Waals surface area contributed by atoms with E-state index in [-0.39, 0.29) is 12.5 Å². The van der Waals surface area contributed by atoms with Crippen LogP contribution < -0.4 is 4.90 Å². The molecule has 0 spiro atoms. The summed E-state index contributed by atoms with van der Waals surface area (Å²) in [6.07, 6.45) is 4.02. The molecule has 0 atom stereocenters. The number of carbonyl (C=O) groups is 1. The normalized spacial score (nSPS) is 14.5. The minimum atomic E-state index is -0.0866. The van der Waals surface area contributed by atoms with Gasteiger partial charge in [-0.2, -0.15) is 5.10 Å². The molecule has 1 fully saturated rings. The number of rotatable bonds is 4. The third kappa shape index (κ3) is 3.70. The maximum Gasteiger partial charge on any atom is 0.274 e. The van der Waals surface area contributed by atoms with Crippen LogP contribution in [0.2, 0.25) is 0 Å². The fraction of sp³-hybridized carbons (Fsp3) is 0.304. The zero-order chi connectivity index (χ0) is 21.4. The number of aliphatic hydroxyl groups is 1. The van der Waals surface area contributed by atoms with Gasteiger partial charge < -0.3 is 14.9 Å². The molecule has 1 amide bonds. The lowest BCUT2D eigenvalue weighted by atomic mass is 10.1. The van der Waals surface area contributed by atoms with Crippen molar-refractivity contribution in [3.8, 4) is 0 Å². The van der Waals surface area contributed by atoms with Gasteiger partial charge in [-0.15, -0.1) is 0 Å². The molecule has 1 aromatic carbocycles. The van der Waals surface area contributed by atoms with Gasteiger partial charge >= 0.3 is 0 Å². The zero-order valence-corrected chi connectivity index (χ0v) is 17.4. The highest BCUT2D eigenvalue weighted by Crippen LogP contribution is 2.23. The van der Waals surface area contributed by atoms with E-state index >= 15 is 0 Å². The second-order valence-corrected chi connectivity index (χ2v) is 7.86. The molecule has 8 heteroatoms. The third-order valence-corrected chi connectivity index (χ3v) is 5.79. The van der Waals surface area contributed by atoms with Crippen LogP contribution in [0.25, 0.3) is 16.6 Å². The van der Waals surface area contributed by atoms with Gasteiger partial charge in [-0.1, -0.05) is 18.2 Å². The molecular formula is C23H24N6O2. The highest BCUT2D eigenvalue weighted by molar-refractivity contribution is 5.93. The molecule has 1 N–H and O–H groups in total. The Labute approximate surface area is 179 Å². The van der Waals surface area contributed by atoms with Crippen molar-refractivity contribution in [2.75, 3.05) is 37.7 Å². The number of nitrogens with zero attached hydrogens (tertiary/aromatic N) is 6. The Hall–Kier alpha value is -3.52.